The Labute approximate surface area is 543 Å². The average molecular weight is 1290 g/mol. The first-order valence-electron chi connectivity index (χ1n) is 30.8. The molecule has 0 aliphatic rings. The molecule has 94 heavy (non-hydrogen) atoms. The molecule has 2 aromatic heterocycles. The number of hydrogen-bond donors (Lipinski definition) is 14. The zero-order valence-corrected chi connectivity index (χ0v) is 53.0. The van der Waals surface area contributed by atoms with E-state index in [9.17, 15) is 57.5 Å². The first kappa shape index (κ1) is 72.5. The number of aromatic nitrogens is 3. The van der Waals surface area contributed by atoms with Crippen LogP contribution >= 0.6 is 0 Å². The zero-order valence-electron chi connectivity index (χ0n) is 53.0. The molecule has 1 unspecified atom stereocenters. The van der Waals surface area contributed by atoms with Gasteiger partial charge in [0.25, 0.3) is 5.91 Å². The second-order valence-electron chi connectivity index (χ2n) is 23.3. The highest BCUT2D eigenvalue weighted by Gasteiger charge is 2.43. The smallest absolute Gasteiger partial charge is 0.261 e. The zero-order chi connectivity index (χ0) is 68.8. The van der Waals surface area contributed by atoms with Crippen molar-refractivity contribution in [3.05, 3.63) is 156 Å². The number of nitrogen functional groups attached to an aromatic ring is 1. The predicted molar refractivity (Wildman–Crippen MR) is 348 cm³/mol. The summed E-state index contributed by atoms with van der Waals surface area (Å²) in [6, 6.07) is 16.1. The standard InChI is InChI=1S/C66H84N16O12/c1-6-7-21-46(58(71)86)76-62(90)48(29-39-16-10-8-11-17-39)79-65(93)56(54(57(85)37(4)68)50-34-72-35-74-50)81-64(92)55(36(2)3)80-59(87)38(5)75-61(89)49(31-42-33-73-45-22-15-14-20-44(42)45)78-60(88)47(27-28-52(70)83)77-63(91)51(30-40-18-12-9-13-19-40)82(53(84)32-67)66(94)41-23-25-43(69)26-24-41/h8-20,22-26,33-38,46-49,51,54-56,73H,6-7,21,27-32,67-69H2,1-5H3,(H2,70,83)(H2,71,86)(H,72,74)(H,75,89)(H,76,90)(H,77,91)(H,78,88)(H,79,93)(H,80,87)(H,81,92)/t37-,38-,46-,47-,48-,49-,51-,54?,55-,56-/m0/s1. The van der Waals surface area contributed by atoms with Crippen LogP contribution in [0.25, 0.3) is 10.9 Å². The Morgan fingerprint density at radius 3 is 1.71 bits per heavy atom. The molecule has 2 heterocycles. The van der Waals surface area contributed by atoms with Crippen LogP contribution in [0.1, 0.15) is 105 Å². The Balaban J connectivity index is 1.29. The molecule has 10 atom stereocenters. The summed E-state index contributed by atoms with van der Waals surface area (Å²) < 4.78 is 0. The average Bonchev–Trinajstić information content (AvgIpc) is 1.37. The number of aromatic amines is 2. The number of primary amides is 2. The highest BCUT2D eigenvalue weighted by Crippen LogP contribution is 2.24. The second kappa shape index (κ2) is 34.7. The molecule has 0 spiro atoms. The summed E-state index contributed by atoms with van der Waals surface area (Å²) in [6.07, 6.45) is 3.99. The normalized spacial score (nSPS) is 14.4. The van der Waals surface area contributed by atoms with Crippen molar-refractivity contribution in [2.45, 2.75) is 146 Å². The molecule has 0 saturated carbocycles. The maximum Gasteiger partial charge on any atom is 0.261 e. The third-order valence-electron chi connectivity index (χ3n) is 15.7. The highest BCUT2D eigenvalue weighted by molar-refractivity contribution is 6.09. The number of benzene rings is 4. The lowest BCUT2D eigenvalue weighted by molar-refractivity contribution is -0.138. The van der Waals surface area contributed by atoms with Crippen LogP contribution in [-0.4, -0.2) is 152 Å². The number of nitrogens with two attached hydrogens (primary N) is 5. The topological polar surface area (TPSA) is 467 Å². The molecule has 0 radical (unpaired) electrons. The predicted octanol–water partition coefficient (Wildman–Crippen LogP) is 0.208. The van der Waals surface area contributed by atoms with Crippen molar-refractivity contribution in [3.8, 4) is 0 Å². The van der Waals surface area contributed by atoms with E-state index in [1.54, 1.807) is 105 Å². The van der Waals surface area contributed by atoms with Crippen molar-refractivity contribution < 1.29 is 57.5 Å². The van der Waals surface area contributed by atoms with Gasteiger partial charge < -0.3 is 75.9 Å². The molecule has 0 saturated heterocycles. The van der Waals surface area contributed by atoms with Gasteiger partial charge in [-0.25, -0.2) is 4.98 Å². The number of fused-ring (bicyclic) bond motifs is 1. The van der Waals surface area contributed by atoms with Crippen LogP contribution in [-0.2, 0) is 72.0 Å². The molecular weight excluding hydrogens is 1210 g/mol. The van der Waals surface area contributed by atoms with Gasteiger partial charge in [0, 0.05) is 65.9 Å². The number of Topliss-reactive ketones (excluding diaryl/α,β-unsaturated/α-hetero) is 1. The Kier molecular flexibility index (Phi) is 26.8. The Morgan fingerprint density at radius 1 is 0.574 bits per heavy atom. The number of anilines is 1. The van der Waals surface area contributed by atoms with Crippen molar-refractivity contribution >= 4 is 87.4 Å². The van der Waals surface area contributed by atoms with Gasteiger partial charge in [0.1, 0.15) is 48.3 Å². The minimum atomic E-state index is -1.86. The summed E-state index contributed by atoms with van der Waals surface area (Å²) in [5.41, 5.74) is 31.8. The summed E-state index contributed by atoms with van der Waals surface area (Å²) in [7, 11) is 0. The molecule has 6 aromatic rings. The van der Waals surface area contributed by atoms with Crippen molar-refractivity contribution in [3.63, 3.8) is 0 Å². The van der Waals surface area contributed by atoms with Gasteiger partial charge in [-0.2, -0.15) is 0 Å². The first-order chi connectivity index (χ1) is 44.8. The maximum absolute atomic E-state index is 14.9. The third-order valence-corrected chi connectivity index (χ3v) is 15.7. The van der Waals surface area contributed by atoms with E-state index < -0.39 is 156 Å². The third kappa shape index (κ3) is 20.2. The van der Waals surface area contributed by atoms with Crippen LogP contribution in [0.4, 0.5) is 5.69 Å². The Morgan fingerprint density at radius 2 is 1.13 bits per heavy atom. The highest BCUT2D eigenvalue weighted by atomic mass is 16.2. The monoisotopic (exact) mass is 1290 g/mol. The van der Waals surface area contributed by atoms with Gasteiger partial charge in [0.15, 0.2) is 5.78 Å². The number of para-hydroxylation sites is 1. The van der Waals surface area contributed by atoms with E-state index in [4.69, 9.17) is 28.7 Å². The van der Waals surface area contributed by atoms with E-state index in [0.717, 1.165) is 0 Å². The second-order valence-corrected chi connectivity index (χ2v) is 23.3. The molecule has 28 heteroatoms. The summed E-state index contributed by atoms with van der Waals surface area (Å²) in [6.45, 7) is 7.00. The number of unbranched alkanes of at least 4 members (excludes halogenated alkanes) is 1. The number of imidazole rings is 1. The summed E-state index contributed by atoms with van der Waals surface area (Å²) >= 11 is 0. The molecular formula is C66H84N16O12. The van der Waals surface area contributed by atoms with Crippen LogP contribution in [0, 0.1) is 5.92 Å². The van der Waals surface area contributed by atoms with Crippen molar-refractivity contribution in [1.29, 1.82) is 0 Å². The van der Waals surface area contributed by atoms with Gasteiger partial charge >= 0.3 is 0 Å². The molecule has 0 aliphatic heterocycles. The van der Waals surface area contributed by atoms with E-state index in [1.165, 1.54) is 50.6 Å². The number of carbonyl (C=O) groups is 12. The van der Waals surface area contributed by atoms with Gasteiger partial charge in [-0.3, -0.25) is 62.4 Å². The van der Waals surface area contributed by atoms with Crippen LogP contribution in [0.5, 0.6) is 0 Å². The van der Waals surface area contributed by atoms with Gasteiger partial charge in [0.05, 0.1) is 24.8 Å². The SMILES string of the molecule is CCCC[C@H](NC(=O)[C@H](Cc1ccccc1)NC(=O)[C@@H](NC(=O)[C@@H](NC(=O)[C@H](C)NC(=O)[C@H](Cc1c[nH]c2ccccc12)NC(=O)[C@H](CCC(N)=O)NC(=O)[C@H](Cc1ccccc1)N(C(=O)CN)C(=O)c1ccc(N)cc1)C(C)C)C(C(=O)[C@H](C)N)c1cnc[nH]1)C(N)=O. The molecule has 11 amide bonds. The number of nitrogens with zero attached hydrogens (tertiary/aromatic N) is 2. The number of amides is 11. The number of imide groups is 1. The fourth-order valence-electron chi connectivity index (χ4n) is 10.5. The number of H-pyrrole nitrogens is 2. The van der Waals surface area contributed by atoms with Crippen LogP contribution in [0.2, 0.25) is 0 Å². The van der Waals surface area contributed by atoms with E-state index in [1.807, 2.05) is 6.92 Å². The number of ketones is 1. The molecule has 500 valence electrons. The van der Waals surface area contributed by atoms with Gasteiger partial charge in [0.2, 0.25) is 59.1 Å². The van der Waals surface area contributed by atoms with Crippen LogP contribution in [0.15, 0.2) is 128 Å². The van der Waals surface area contributed by atoms with Crippen molar-refractivity contribution in [2.75, 3.05) is 12.3 Å². The quantitative estimate of drug-likeness (QED) is 0.0237. The molecule has 28 nitrogen and oxygen atoms in total. The van der Waals surface area contributed by atoms with E-state index >= 15 is 0 Å². The minimum Gasteiger partial charge on any atom is -0.399 e. The van der Waals surface area contributed by atoms with Gasteiger partial charge in [-0.15, -0.1) is 0 Å². The summed E-state index contributed by atoms with van der Waals surface area (Å²) in [5, 5.41) is 19.1. The molecule has 0 fully saturated rings. The fraction of sp³-hybridized carbons (Fsp3) is 0.379. The Hall–Kier alpha value is -10.6. The Bertz CT molecular complexity index is 3620. The lowest BCUT2D eigenvalue weighted by Gasteiger charge is -2.31. The molecule has 19 N–H and O–H groups in total. The summed E-state index contributed by atoms with van der Waals surface area (Å²) in [5.74, 6) is -13.4. The van der Waals surface area contributed by atoms with Gasteiger partial charge in [-0.05, 0) is 79.6 Å². The van der Waals surface area contributed by atoms with Crippen LogP contribution in [0.3, 0.4) is 0 Å². The van der Waals surface area contributed by atoms with Crippen molar-refractivity contribution in [1.82, 2.24) is 57.1 Å². The number of carbonyl (C=O) groups excluding carboxylic acids is 12. The molecule has 0 aliphatic carbocycles. The van der Waals surface area contributed by atoms with E-state index in [2.05, 4.69) is 52.2 Å². The number of nitrogens with one attached hydrogen (secondary N) is 9. The largest absolute Gasteiger partial charge is 0.399 e. The lowest BCUT2D eigenvalue weighted by Crippen LogP contribution is -2.62. The molecule has 4 aromatic carbocycles. The molecule has 6 rings (SSSR count). The number of rotatable bonds is 35. The fourth-order valence-corrected chi connectivity index (χ4v) is 10.5. The van der Waals surface area contributed by atoms with Gasteiger partial charge in [-0.1, -0.05) is 112 Å². The molecule has 0 bridgehead atoms. The number of hydrogen-bond acceptors (Lipinski definition) is 16. The first-order valence-corrected chi connectivity index (χ1v) is 30.8. The van der Waals surface area contributed by atoms with E-state index in [0.29, 0.717) is 51.0 Å². The maximum atomic E-state index is 14.9. The lowest BCUT2D eigenvalue weighted by atomic mass is 9.87. The van der Waals surface area contributed by atoms with E-state index in [-0.39, 0.29) is 36.9 Å². The van der Waals surface area contributed by atoms with Crippen molar-refractivity contribution in [2.24, 2.45) is 28.9 Å². The van der Waals surface area contributed by atoms with Crippen LogP contribution < -0.4 is 65.9 Å². The summed E-state index contributed by atoms with van der Waals surface area (Å²) in [4.78, 5) is 180. The minimum absolute atomic E-state index is 0.0196.